The van der Waals surface area contributed by atoms with Crippen LogP contribution in [0.3, 0.4) is 0 Å². The van der Waals surface area contributed by atoms with Gasteiger partial charge in [0, 0.05) is 62.4 Å². The van der Waals surface area contributed by atoms with Crippen molar-refractivity contribution in [2.24, 2.45) is 0 Å². The summed E-state index contributed by atoms with van der Waals surface area (Å²) in [5, 5.41) is 3.79. The zero-order valence-electron chi connectivity index (χ0n) is 17.3. The van der Waals surface area contributed by atoms with Crippen molar-refractivity contribution < 1.29 is 8.78 Å². The number of benzene rings is 1. The van der Waals surface area contributed by atoms with Gasteiger partial charge in [0.05, 0.1) is 11.4 Å². The van der Waals surface area contributed by atoms with E-state index in [1.807, 2.05) is 30.6 Å². The molecular weight excluding hydrogens is 398 g/mol. The Kier molecular flexibility index (Phi) is 5.55. The van der Waals surface area contributed by atoms with E-state index in [2.05, 4.69) is 25.1 Å². The highest BCUT2D eigenvalue weighted by molar-refractivity contribution is 5.55. The minimum absolute atomic E-state index is 0.401. The Morgan fingerprint density at radius 2 is 1.74 bits per heavy atom. The summed E-state index contributed by atoms with van der Waals surface area (Å²) in [5.74, 6) is -0.815. The van der Waals surface area contributed by atoms with Crippen LogP contribution in [-0.2, 0) is 0 Å². The Morgan fingerprint density at radius 1 is 0.935 bits per heavy atom. The second kappa shape index (κ2) is 8.63. The number of piperidine rings is 1. The number of anilines is 2. The Morgan fingerprint density at radius 3 is 2.52 bits per heavy atom. The number of nitrogens with one attached hydrogen (secondary N) is 2. The van der Waals surface area contributed by atoms with Gasteiger partial charge in [-0.05, 0) is 49.6 Å². The van der Waals surface area contributed by atoms with Crippen LogP contribution in [0.25, 0.3) is 11.4 Å². The fraction of sp³-hybridized carbons (Fsp3) is 0.391. The lowest BCUT2D eigenvalue weighted by molar-refractivity contribution is 0.376. The molecule has 0 bridgehead atoms. The molecule has 0 saturated carbocycles. The normalized spacial score (nSPS) is 19.9. The first kappa shape index (κ1) is 19.9. The van der Waals surface area contributed by atoms with Crippen LogP contribution >= 0.6 is 0 Å². The molecule has 4 heterocycles. The summed E-state index contributed by atoms with van der Waals surface area (Å²) in [7, 11) is 0. The summed E-state index contributed by atoms with van der Waals surface area (Å²) in [4.78, 5) is 16.8. The molecule has 1 unspecified atom stereocenters. The third-order valence-electron chi connectivity index (χ3n) is 6.22. The molecule has 1 atom stereocenters. The van der Waals surface area contributed by atoms with Crippen molar-refractivity contribution in [1.29, 1.82) is 0 Å². The van der Waals surface area contributed by atoms with E-state index in [0.29, 0.717) is 12.1 Å². The monoisotopic (exact) mass is 424 g/mol. The van der Waals surface area contributed by atoms with Crippen LogP contribution in [0.15, 0.2) is 48.8 Å². The van der Waals surface area contributed by atoms with Crippen LogP contribution in [0.5, 0.6) is 0 Å². The Bertz CT molecular complexity index is 1020. The van der Waals surface area contributed by atoms with Crippen LogP contribution in [0.4, 0.5) is 20.4 Å². The third kappa shape index (κ3) is 4.39. The lowest BCUT2D eigenvalue weighted by Crippen LogP contribution is -2.47. The number of rotatable bonds is 5. The maximum Gasteiger partial charge on any atom is 0.225 e. The largest absolute Gasteiger partial charge is 0.371 e. The van der Waals surface area contributed by atoms with Gasteiger partial charge in [0.2, 0.25) is 5.95 Å². The molecule has 2 aliphatic rings. The van der Waals surface area contributed by atoms with Gasteiger partial charge in [-0.15, -0.1) is 0 Å². The molecule has 2 saturated heterocycles. The van der Waals surface area contributed by atoms with Crippen LogP contribution in [-0.4, -0.2) is 53.2 Å². The van der Waals surface area contributed by atoms with Crippen molar-refractivity contribution in [2.75, 3.05) is 36.0 Å². The van der Waals surface area contributed by atoms with Crippen molar-refractivity contribution >= 4 is 11.6 Å². The predicted octanol–water partition coefficient (Wildman–Crippen LogP) is 3.59. The zero-order chi connectivity index (χ0) is 21.2. The zero-order valence-corrected chi connectivity index (χ0v) is 17.3. The summed E-state index contributed by atoms with van der Waals surface area (Å²) in [6.45, 7) is 3.48. The molecule has 8 heteroatoms. The molecule has 1 aromatic carbocycles. The van der Waals surface area contributed by atoms with Gasteiger partial charge in [-0.2, -0.15) is 0 Å². The molecule has 0 spiro atoms. The van der Waals surface area contributed by atoms with E-state index >= 15 is 0 Å². The van der Waals surface area contributed by atoms with Crippen molar-refractivity contribution in [2.45, 2.75) is 31.3 Å². The first-order valence-corrected chi connectivity index (χ1v) is 10.8. The van der Waals surface area contributed by atoms with Crippen molar-refractivity contribution in [3.63, 3.8) is 0 Å². The maximum absolute atomic E-state index is 13.5. The van der Waals surface area contributed by atoms with E-state index in [1.54, 1.807) is 6.07 Å². The fourth-order valence-corrected chi connectivity index (χ4v) is 4.54. The summed E-state index contributed by atoms with van der Waals surface area (Å²) < 4.78 is 26.7. The lowest BCUT2D eigenvalue weighted by atomic mass is 10.0. The van der Waals surface area contributed by atoms with Gasteiger partial charge in [-0.3, -0.25) is 0 Å². The molecule has 2 aromatic heterocycles. The number of H-pyrrole nitrogens is 1. The second-order valence-corrected chi connectivity index (χ2v) is 8.28. The van der Waals surface area contributed by atoms with Gasteiger partial charge in [0.15, 0.2) is 11.6 Å². The Balaban J connectivity index is 1.14. The smallest absolute Gasteiger partial charge is 0.225 e. The molecule has 6 nitrogen and oxygen atoms in total. The topological polar surface area (TPSA) is 60.1 Å². The van der Waals surface area contributed by atoms with Crippen LogP contribution < -0.4 is 15.1 Å². The number of aromatic nitrogens is 3. The highest BCUT2D eigenvalue weighted by Gasteiger charge is 2.28. The molecular formula is C23H26F2N6. The molecule has 162 valence electrons. The summed E-state index contributed by atoms with van der Waals surface area (Å²) >= 11 is 0. The first-order valence-electron chi connectivity index (χ1n) is 10.8. The van der Waals surface area contributed by atoms with E-state index in [9.17, 15) is 8.78 Å². The number of hydrogen-bond acceptors (Lipinski definition) is 5. The average molecular weight is 424 g/mol. The standard InChI is InChI=1S/C23H26F2N6/c24-19-4-3-18(14-20(19)25)30-11-6-16(7-12-30)28-17-8-13-31(15-17)23-27-10-5-22(29-23)21-2-1-9-26-21/h1-5,9-10,14,16-17,26,28H,6-8,11-13,15H2. The number of halogens is 2. The minimum Gasteiger partial charge on any atom is -0.371 e. The van der Waals surface area contributed by atoms with E-state index < -0.39 is 11.6 Å². The number of hydrogen-bond donors (Lipinski definition) is 2. The predicted molar refractivity (Wildman–Crippen MR) is 117 cm³/mol. The first-order chi connectivity index (χ1) is 15.2. The molecule has 2 fully saturated rings. The van der Waals surface area contributed by atoms with Gasteiger partial charge >= 0.3 is 0 Å². The minimum atomic E-state index is -0.798. The van der Waals surface area contributed by atoms with Gasteiger partial charge in [-0.25, -0.2) is 18.7 Å². The van der Waals surface area contributed by atoms with Gasteiger partial charge in [-0.1, -0.05) is 0 Å². The van der Waals surface area contributed by atoms with Crippen molar-refractivity contribution in [3.8, 4) is 11.4 Å². The van der Waals surface area contributed by atoms with Gasteiger partial charge < -0.3 is 20.1 Å². The lowest BCUT2D eigenvalue weighted by Gasteiger charge is -2.35. The SMILES string of the molecule is Fc1ccc(N2CCC(NC3CCN(c4nccc(-c5ccc[nH]5)n4)C3)CC2)cc1F. The Hall–Kier alpha value is -3.00. The van der Waals surface area contributed by atoms with Crippen LogP contribution in [0.1, 0.15) is 19.3 Å². The summed E-state index contributed by atoms with van der Waals surface area (Å²) in [6, 6.07) is 10.9. The highest BCUT2D eigenvalue weighted by atomic mass is 19.2. The van der Waals surface area contributed by atoms with E-state index in [4.69, 9.17) is 4.98 Å². The summed E-state index contributed by atoms with van der Waals surface area (Å²) in [6.07, 6.45) is 6.72. The van der Waals surface area contributed by atoms with Crippen molar-refractivity contribution in [1.82, 2.24) is 20.3 Å². The molecule has 0 radical (unpaired) electrons. The molecule has 5 rings (SSSR count). The number of nitrogens with zero attached hydrogens (tertiary/aromatic N) is 4. The van der Waals surface area contributed by atoms with Crippen LogP contribution in [0, 0.1) is 11.6 Å². The molecule has 0 aliphatic carbocycles. The average Bonchev–Trinajstić information content (AvgIpc) is 3.49. The molecule has 2 aliphatic heterocycles. The molecule has 2 N–H and O–H groups in total. The van der Waals surface area contributed by atoms with Gasteiger partial charge in [0.25, 0.3) is 0 Å². The van der Waals surface area contributed by atoms with Crippen LogP contribution in [0.2, 0.25) is 0 Å². The molecule has 3 aromatic rings. The van der Waals surface area contributed by atoms with Crippen molar-refractivity contribution in [3.05, 3.63) is 60.4 Å². The van der Waals surface area contributed by atoms with E-state index in [0.717, 1.165) is 68.5 Å². The second-order valence-electron chi connectivity index (χ2n) is 8.28. The quantitative estimate of drug-likeness (QED) is 0.656. The molecule has 31 heavy (non-hydrogen) atoms. The van der Waals surface area contributed by atoms with Gasteiger partial charge in [0.1, 0.15) is 0 Å². The van der Waals surface area contributed by atoms with E-state index in [-0.39, 0.29) is 0 Å². The molecule has 0 amide bonds. The summed E-state index contributed by atoms with van der Waals surface area (Å²) in [5.41, 5.74) is 2.64. The highest BCUT2D eigenvalue weighted by Crippen LogP contribution is 2.24. The Labute approximate surface area is 180 Å². The maximum atomic E-state index is 13.5. The third-order valence-corrected chi connectivity index (χ3v) is 6.22. The number of aromatic amines is 1. The van der Waals surface area contributed by atoms with E-state index in [1.165, 1.54) is 12.1 Å². The fourth-order valence-electron chi connectivity index (χ4n) is 4.54.